The van der Waals surface area contributed by atoms with Crippen LogP contribution in [0.1, 0.15) is 28.5 Å². The predicted octanol–water partition coefficient (Wildman–Crippen LogP) is 2.69. The van der Waals surface area contributed by atoms with Crippen molar-refractivity contribution in [2.24, 2.45) is 0 Å². The number of benzene rings is 2. The van der Waals surface area contributed by atoms with Crippen LogP contribution in [0, 0.1) is 6.92 Å². The SMILES string of the molecule is CC(=O)N1CCN(c2nc(C)c3ccc(=O)n(-c4ccc(C(=O)NCc5ccccc5)cc4)c3n2)CC1. The maximum Gasteiger partial charge on any atom is 0.256 e. The number of hydrogen-bond donors (Lipinski definition) is 1. The molecule has 188 valence electrons. The summed E-state index contributed by atoms with van der Waals surface area (Å²) in [5.41, 5.74) is 3.18. The average Bonchev–Trinajstić information content (AvgIpc) is 2.92. The normalized spacial score (nSPS) is 13.6. The first-order valence-corrected chi connectivity index (χ1v) is 12.2. The summed E-state index contributed by atoms with van der Waals surface area (Å²) in [6.45, 7) is 6.35. The largest absolute Gasteiger partial charge is 0.348 e. The molecule has 5 rings (SSSR count). The van der Waals surface area contributed by atoms with Gasteiger partial charge in [-0.15, -0.1) is 0 Å². The van der Waals surface area contributed by atoms with Gasteiger partial charge in [-0.25, -0.2) is 4.98 Å². The fourth-order valence-electron chi connectivity index (χ4n) is 4.51. The lowest BCUT2D eigenvalue weighted by atomic mass is 10.1. The molecule has 37 heavy (non-hydrogen) atoms. The Kier molecular flexibility index (Phi) is 6.68. The first-order valence-electron chi connectivity index (χ1n) is 12.2. The molecule has 0 saturated carbocycles. The van der Waals surface area contributed by atoms with E-state index in [4.69, 9.17) is 4.98 Å². The molecule has 0 aliphatic carbocycles. The molecule has 3 heterocycles. The number of nitrogens with zero attached hydrogens (tertiary/aromatic N) is 5. The van der Waals surface area contributed by atoms with Crippen LogP contribution in [-0.2, 0) is 11.3 Å². The molecule has 0 atom stereocenters. The highest BCUT2D eigenvalue weighted by atomic mass is 16.2. The molecule has 0 radical (unpaired) electrons. The molecule has 1 aliphatic heterocycles. The zero-order valence-corrected chi connectivity index (χ0v) is 20.8. The summed E-state index contributed by atoms with van der Waals surface area (Å²) in [7, 11) is 0. The highest BCUT2D eigenvalue weighted by molar-refractivity contribution is 5.94. The minimum absolute atomic E-state index is 0.0568. The van der Waals surface area contributed by atoms with Gasteiger partial charge in [0, 0.05) is 56.7 Å². The van der Waals surface area contributed by atoms with Crippen LogP contribution in [0.2, 0.25) is 0 Å². The number of nitrogens with one attached hydrogen (secondary N) is 1. The lowest BCUT2D eigenvalue weighted by Crippen LogP contribution is -2.48. The number of amides is 2. The highest BCUT2D eigenvalue weighted by Gasteiger charge is 2.22. The number of piperazine rings is 1. The molecule has 0 spiro atoms. The molecule has 4 aromatic rings. The van der Waals surface area contributed by atoms with Crippen LogP contribution in [-0.4, -0.2) is 57.4 Å². The number of aryl methyl sites for hydroxylation is 1. The van der Waals surface area contributed by atoms with Gasteiger partial charge < -0.3 is 15.1 Å². The van der Waals surface area contributed by atoms with E-state index in [1.165, 1.54) is 6.07 Å². The molecule has 1 saturated heterocycles. The quantitative estimate of drug-likeness (QED) is 0.456. The number of carbonyl (C=O) groups is 2. The van der Waals surface area contributed by atoms with E-state index < -0.39 is 0 Å². The predicted molar refractivity (Wildman–Crippen MR) is 142 cm³/mol. The Balaban J connectivity index is 1.43. The minimum atomic E-state index is -0.223. The molecule has 2 amide bonds. The van der Waals surface area contributed by atoms with E-state index in [2.05, 4.69) is 10.3 Å². The molecular formula is C28H28N6O3. The van der Waals surface area contributed by atoms with Gasteiger partial charge in [0.15, 0.2) is 5.65 Å². The van der Waals surface area contributed by atoms with Crippen molar-refractivity contribution in [2.75, 3.05) is 31.1 Å². The third kappa shape index (κ3) is 5.06. The van der Waals surface area contributed by atoms with E-state index in [-0.39, 0.29) is 17.4 Å². The summed E-state index contributed by atoms with van der Waals surface area (Å²) in [5, 5.41) is 3.69. The van der Waals surface area contributed by atoms with Gasteiger partial charge in [-0.1, -0.05) is 30.3 Å². The van der Waals surface area contributed by atoms with Gasteiger partial charge in [0.1, 0.15) is 0 Å². The third-order valence-electron chi connectivity index (χ3n) is 6.62. The van der Waals surface area contributed by atoms with Crippen LogP contribution in [0.15, 0.2) is 71.5 Å². The number of anilines is 1. The summed E-state index contributed by atoms with van der Waals surface area (Å²) in [5.74, 6) is 0.400. The lowest BCUT2D eigenvalue weighted by molar-refractivity contribution is -0.129. The minimum Gasteiger partial charge on any atom is -0.348 e. The van der Waals surface area contributed by atoms with Crippen molar-refractivity contribution in [3.8, 4) is 5.69 Å². The Labute approximate surface area is 214 Å². The van der Waals surface area contributed by atoms with Crippen LogP contribution in [0.5, 0.6) is 0 Å². The molecular weight excluding hydrogens is 468 g/mol. The Morgan fingerprint density at radius 1 is 0.892 bits per heavy atom. The molecule has 9 nitrogen and oxygen atoms in total. The van der Waals surface area contributed by atoms with Crippen LogP contribution in [0.3, 0.4) is 0 Å². The van der Waals surface area contributed by atoms with Crippen LogP contribution >= 0.6 is 0 Å². The van der Waals surface area contributed by atoms with Crippen LogP contribution in [0.25, 0.3) is 16.7 Å². The zero-order chi connectivity index (χ0) is 25.9. The Morgan fingerprint density at radius 2 is 1.59 bits per heavy atom. The van der Waals surface area contributed by atoms with Gasteiger partial charge in [0.25, 0.3) is 11.5 Å². The maximum atomic E-state index is 13.0. The summed E-state index contributed by atoms with van der Waals surface area (Å²) in [4.78, 5) is 50.6. The van der Waals surface area contributed by atoms with Crippen LogP contribution < -0.4 is 15.8 Å². The summed E-state index contributed by atoms with van der Waals surface area (Å²) < 4.78 is 1.55. The van der Waals surface area contributed by atoms with E-state index in [0.717, 1.165) is 16.6 Å². The van der Waals surface area contributed by atoms with Gasteiger partial charge in [0.2, 0.25) is 11.9 Å². The summed E-state index contributed by atoms with van der Waals surface area (Å²) in [6, 6.07) is 19.9. The van der Waals surface area contributed by atoms with Gasteiger partial charge in [-0.2, -0.15) is 4.98 Å². The molecule has 0 unspecified atom stereocenters. The standard InChI is InChI=1S/C28H28N6O3/c1-19-24-12-13-25(36)34(26(24)31-28(30-19)33-16-14-32(15-17-33)20(2)35)23-10-8-22(9-11-23)27(37)29-18-21-6-4-3-5-7-21/h3-13H,14-18H2,1-2H3,(H,29,37). The number of hydrogen-bond acceptors (Lipinski definition) is 6. The zero-order valence-electron chi connectivity index (χ0n) is 20.8. The van der Waals surface area contributed by atoms with E-state index >= 15 is 0 Å². The van der Waals surface area contributed by atoms with Gasteiger partial charge in [-0.05, 0) is 42.8 Å². The van der Waals surface area contributed by atoms with Gasteiger partial charge in [-0.3, -0.25) is 19.0 Å². The molecule has 0 bridgehead atoms. The topological polar surface area (TPSA) is 100 Å². The van der Waals surface area contributed by atoms with Crippen molar-refractivity contribution < 1.29 is 9.59 Å². The molecule has 1 fully saturated rings. The highest BCUT2D eigenvalue weighted by Crippen LogP contribution is 2.22. The van der Waals surface area contributed by atoms with Crippen molar-refractivity contribution in [2.45, 2.75) is 20.4 Å². The maximum absolute atomic E-state index is 13.0. The average molecular weight is 497 g/mol. The second-order valence-corrected chi connectivity index (χ2v) is 9.06. The lowest BCUT2D eigenvalue weighted by Gasteiger charge is -2.34. The van der Waals surface area contributed by atoms with Crippen molar-refractivity contribution in [3.63, 3.8) is 0 Å². The van der Waals surface area contributed by atoms with Crippen molar-refractivity contribution in [1.29, 1.82) is 0 Å². The Bertz CT molecular complexity index is 1510. The molecule has 1 aliphatic rings. The number of fused-ring (bicyclic) bond motifs is 1. The fourth-order valence-corrected chi connectivity index (χ4v) is 4.51. The summed E-state index contributed by atoms with van der Waals surface area (Å²) >= 11 is 0. The first kappa shape index (κ1) is 24.2. The Morgan fingerprint density at radius 3 is 2.27 bits per heavy atom. The van der Waals surface area contributed by atoms with Crippen molar-refractivity contribution >= 4 is 28.8 Å². The fraction of sp³-hybridized carbons (Fsp3) is 0.250. The molecule has 9 heteroatoms. The molecule has 1 N–H and O–H groups in total. The molecule has 2 aromatic heterocycles. The number of carbonyl (C=O) groups excluding carboxylic acids is 2. The van der Waals surface area contributed by atoms with E-state index in [9.17, 15) is 14.4 Å². The van der Waals surface area contributed by atoms with Crippen molar-refractivity contribution in [1.82, 2.24) is 24.8 Å². The second-order valence-electron chi connectivity index (χ2n) is 9.06. The molecule has 2 aromatic carbocycles. The number of aromatic nitrogens is 3. The number of rotatable bonds is 5. The summed E-state index contributed by atoms with van der Waals surface area (Å²) in [6.07, 6.45) is 0. The third-order valence-corrected chi connectivity index (χ3v) is 6.62. The smallest absolute Gasteiger partial charge is 0.256 e. The second kappa shape index (κ2) is 10.2. The van der Waals surface area contributed by atoms with Gasteiger partial charge >= 0.3 is 0 Å². The van der Waals surface area contributed by atoms with Crippen LogP contribution in [0.4, 0.5) is 5.95 Å². The number of pyridine rings is 1. The first-order chi connectivity index (χ1) is 17.9. The van der Waals surface area contributed by atoms with Gasteiger partial charge in [0.05, 0.1) is 11.4 Å². The van der Waals surface area contributed by atoms with Crippen molar-refractivity contribution in [3.05, 3.63) is 93.9 Å². The van der Waals surface area contributed by atoms with E-state index in [1.807, 2.05) is 42.2 Å². The van der Waals surface area contributed by atoms with E-state index in [1.54, 1.807) is 46.7 Å². The monoisotopic (exact) mass is 496 g/mol. The Hall–Kier alpha value is -4.53. The van der Waals surface area contributed by atoms with E-state index in [0.29, 0.717) is 55.6 Å².